The van der Waals surface area contributed by atoms with Crippen molar-refractivity contribution in [2.45, 2.75) is 31.6 Å². The smallest absolute Gasteiger partial charge is 0.243 e. The molecule has 0 amide bonds. The summed E-state index contributed by atoms with van der Waals surface area (Å²) in [5, 5.41) is 20.8. The monoisotopic (exact) mass is 442 g/mol. The first kappa shape index (κ1) is 23.9. The van der Waals surface area contributed by atoms with Crippen molar-refractivity contribution in [2.75, 3.05) is 42.1 Å². The zero-order valence-electron chi connectivity index (χ0n) is 17.6. The largest absolute Gasteiger partial charge is 0.393 e. The van der Waals surface area contributed by atoms with Gasteiger partial charge in [-0.25, -0.2) is 18.4 Å². The van der Waals surface area contributed by atoms with Crippen LogP contribution in [-0.4, -0.2) is 48.9 Å². The van der Waals surface area contributed by atoms with E-state index in [9.17, 15) is 8.42 Å². The van der Waals surface area contributed by atoms with Crippen LogP contribution in [0.2, 0.25) is 0 Å². The minimum absolute atomic E-state index is 0.206. The van der Waals surface area contributed by atoms with E-state index < -0.39 is 10.0 Å². The normalized spacial score (nSPS) is 11.0. The molecule has 2 rings (SSSR count). The van der Waals surface area contributed by atoms with E-state index in [1.807, 2.05) is 0 Å². The summed E-state index contributed by atoms with van der Waals surface area (Å²) in [4.78, 5) is 10.4. The number of sulfonamides is 1. The number of hydrogen-bond acceptors (Lipinski definition) is 9. The van der Waals surface area contributed by atoms with Crippen LogP contribution in [0.1, 0.15) is 26.7 Å². The summed E-state index contributed by atoms with van der Waals surface area (Å²) in [6.45, 7) is 5.15. The Morgan fingerprint density at radius 2 is 1.61 bits per heavy atom. The van der Waals surface area contributed by atoms with Crippen molar-refractivity contribution >= 4 is 33.0 Å². The van der Waals surface area contributed by atoms with Crippen molar-refractivity contribution in [3.8, 4) is 12.1 Å². The Kier molecular flexibility index (Phi) is 8.55. The van der Waals surface area contributed by atoms with Crippen molar-refractivity contribution < 1.29 is 8.42 Å². The molecule has 0 aliphatic rings. The Morgan fingerprint density at radius 3 is 2.13 bits per heavy atom. The van der Waals surface area contributed by atoms with Crippen LogP contribution >= 0.6 is 0 Å². The second-order valence-electron chi connectivity index (χ2n) is 6.50. The summed E-state index contributed by atoms with van der Waals surface area (Å²) in [6, 6.07) is 10.5. The van der Waals surface area contributed by atoms with Crippen molar-refractivity contribution in [1.82, 2.24) is 14.3 Å². The van der Waals surface area contributed by atoms with Crippen molar-refractivity contribution in [3.05, 3.63) is 30.6 Å². The van der Waals surface area contributed by atoms with E-state index >= 15 is 0 Å². The third-order valence-corrected chi connectivity index (χ3v) is 6.67. The highest BCUT2D eigenvalue weighted by Gasteiger charge is 2.21. The third kappa shape index (κ3) is 5.81. The molecule has 0 unspecified atom stereocenters. The van der Waals surface area contributed by atoms with E-state index in [0.717, 1.165) is 0 Å². The molecule has 2 aromatic rings. The molecule has 11 heteroatoms. The number of nitrogens with zero attached hydrogens (tertiary/aromatic N) is 6. The summed E-state index contributed by atoms with van der Waals surface area (Å²) < 4.78 is 26.6. The lowest BCUT2D eigenvalue weighted by atomic mass is 10.3. The minimum Gasteiger partial charge on any atom is -0.393 e. The topological polar surface area (TPSA) is 152 Å². The average Bonchev–Trinajstić information content (AvgIpc) is 2.77. The number of nitrogens with one attached hydrogen (secondary N) is 1. The third-order valence-electron chi connectivity index (χ3n) is 4.61. The Hall–Kier alpha value is -3.41. The second kappa shape index (κ2) is 11.1. The number of benzene rings is 1. The zero-order chi connectivity index (χ0) is 22.9. The number of rotatable bonds is 11. The first-order valence-electron chi connectivity index (χ1n) is 9.85. The fourth-order valence-electron chi connectivity index (χ4n) is 2.99. The highest BCUT2D eigenvalue weighted by molar-refractivity contribution is 7.89. The second-order valence-corrected chi connectivity index (χ2v) is 8.44. The van der Waals surface area contributed by atoms with Crippen LogP contribution < -0.4 is 16.0 Å². The molecule has 164 valence electrons. The van der Waals surface area contributed by atoms with Gasteiger partial charge in [-0.2, -0.15) is 14.8 Å². The maximum Gasteiger partial charge on any atom is 0.243 e. The van der Waals surface area contributed by atoms with Gasteiger partial charge >= 0.3 is 0 Å². The Bertz CT molecular complexity index is 1040. The van der Waals surface area contributed by atoms with Gasteiger partial charge in [0.15, 0.2) is 11.6 Å². The molecule has 0 fully saturated rings. The summed E-state index contributed by atoms with van der Waals surface area (Å²) >= 11 is 0. The number of hydrogen-bond donors (Lipinski definition) is 2. The quantitative estimate of drug-likeness (QED) is 0.534. The number of aromatic nitrogens is 2. The Morgan fingerprint density at radius 1 is 1.03 bits per heavy atom. The predicted octanol–water partition coefficient (Wildman–Crippen LogP) is 2.47. The lowest BCUT2D eigenvalue weighted by Crippen LogP contribution is -2.30. The highest BCUT2D eigenvalue weighted by Crippen LogP contribution is 2.29. The van der Waals surface area contributed by atoms with E-state index in [1.165, 1.54) is 22.8 Å². The van der Waals surface area contributed by atoms with Crippen LogP contribution in [-0.2, 0) is 10.0 Å². The Balaban J connectivity index is 2.26. The number of nitrogen functional groups attached to an aromatic ring is 1. The molecule has 0 radical (unpaired) electrons. The fourth-order valence-corrected chi connectivity index (χ4v) is 4.45. The summed E-state index contributed by atoms with van der Waals surface area (Å²) in [6.07, 6.45) is 1.87. The van der Waals surface area contributed by atoms with Gasteiger partial charge in [0, 0.05) is 31.9 Å². The number of nitrogens with two attached hydrogens (primary N) is 1. The lowest BCUT2D eigenvalue weighted by molar-refractivity contribution is 0.445. The van der Waals surface area contributed by atoms with Gasteiger partial charge in [0.05, 0.1) is 29.9 Å². The van der Waals surface area contributed by atoms with Gasteiger partial charge < -0.3 is 16.0 Å². The number of nitriles is 2. The summed E-state index contributed by atoms with van der Waals surface area (Å²) in [7, 11) is -3.54. The molecular formula is C20H26N8O2S. The first-order valence-corrected chi connectivity index (χ1v) is 11.3. The molecule has 0 spiro atoms. The SMILES string of the molecule is CCN(CC)S(=O)(=O)c1ccc(Nc2ncnc(N(CCC#N)CCC#N)c2N)cc1. The lowest BCUT2D eigenvalue weighted by Gasteiger charge is -2.23. The van der Waals surface area contributed by atoms with Gasteiger partial charge in [-0.3, -0.25) is 0 Å². The van der Waals surface area contributed by atoms with Gasteiger partial charge in [0.2, 0.25) is 10.0 Å². The van der Waals surface area contributed by atoms with Crippen LogP contribution in [0.4, 0.5) is 23.0 Å². The van der Waals surface area contributed by atoms with Crippen LogP contribution in [0.15, 0.2) is 35.5 Å². The van der Waals surface area contributed by atoms with E-state index in [0.29, 0.717) is 43.5 Å². The van der Waals surface area contributed by atoms with Gasteiger partial charge in [-0.1, -0.05) is 13.8 Å². The average molecular weight is 443 g/mol. The molecule has 1 aromatic carbocycles. The molecule has 0 aliphatic carbocycles. The van der Waals surface area contributed by atoms with E-state index in [-0.39, 0.29) is 23.4 Å². The predicted molar refractivity (Wildman–Crippen MR) is 119 cm³/mol. The zero-order valence-corrected chi connectivity index (χ0v) is 18.4. The maximum absolute atomic E-state index is 12.6. The molecule has 10 nitrogen and oxygen atoms in total. The Labute approximate surface area is 183 Å². The molecule has 0 saturated heterocycles. The van der Waals surface area contributed by atoms with Crippen molar-refractivity contribution in [3.63, 3.8) is 0 Å². The molecule has 0 atom stereocenters. The van der Waals surface area contributed by atoms with Crippen LogP contribution in [0.25, 0.3) is 0 Å². The van der Waals surface area contributed by atoms with Gasteiger partial charge in [-0.05, 0) is 24.3 Å². The standard InChI is InChI=1S/C20H26N8O2S/c1-3-28(4-2)31(29,30)17-9-7-16(8-10-17)26-19-18(23)20(25-15-24-19)27(13-5-11-21)14-6-12-22/h7-10,15H,3-6,13-14,23H2,1-2H3,(H,24,25,26). The molecule has 1 aromatic heterocycles. The highest BCUT2D eigenvalue weighted by atomic mass is 32.2. The van der Waals surface area contributed by atoms with Gasteiger partial charge in [-0.15, -0.1) is 0 Å². The number of anilines is 4. The first-order chi connectivity index (χ1) is 14.9. The van der Waals surface area contributed by atoms with Crippen LogP contribution in [0.5, 0.6) is 0 Å². The molecule has 0 saturated carbocycles. The van der Waals surface area contributed by atoms with Crippen molar-refractivity contribution in [1.29, 1.82) is 10.5 Å². The minimum atomic E-state index is -3.54. The van der Waals surface area contributed by atoms with E-state index in [4.69, 9.17) is 16.3 Å². The molecule has 31 heavy (non-hydrogen) atoms. The fraction of sp³-hybridized carbons (Fsp3) is 0.400. The summed E-state index contributed by atoms with van der Waals surface area (Å²) in [5.41, 5.74) is 7.14. The van der Waals surface area contributed by atoms with Gasteiger partial charge in [0.25, 0.3) is 0 Å². The van der Waals surface area contributed by atoms with Crippen LogP contribution in [0, 0.1) is 22.7 Å². The van der Waals surface area contributed by atoms with Crippen LogP contribution in [0.3, 0.4) is 0 Å². The van der Waals surface area contributed by atoms with Gasteiger partial charge in [0.1, 0.15) is 12.0 Å². The van der Waals surface area contributed by atoms with E-state index in [2.05, 4.69) is 27.4 Å². The maximum atomic E-state index is 12.6. The molecule has 0 aliphatic heterocycles. The van der Waals surface area contributed by atoms with Crippen molar-refractivity contribution in [2.24, 2.45) is 0 Å². The molecule has 3 N–H and O–H groups in total. The molecular weight excluding hydrogens is 416 g/mol. The van der Waals surface area contributed by atoms with E-state index in [1.54, 1.807) is 30.9 Å². The molecule has 1 heterocycles. The molecule has 0 bridgehead atoms. The summed E-state index contributed by atoms with van der Waals surface area (Å²) in [5.74, 6) is 0.784.